The number of hydrogen-bond acceptors (Lipinski definition) is 4. The Balaban J connectivity index is 2.11. The number of aromatic nitrogens is 2. The van der Waals surface area contributed by atoms with Gasteiger partial charge in [0.1, 0.15) is 11.3 Å². The molecule has 0 radical (unpaired) electrons. The van der Waals surface area contributed by atoms with Gasteiger partial charge < -0.3 is 4.74 Å². The van der Waals surface area contributed by atoms with Gasteiger partial charge in [0.2, 0.25) is 0 Å². The van der Waals surface area contributed by atoms with Gasteiger partial charge in [-0.2, -0.15) is 0 Å². The van der Waals surface area contributed by atoms with Crippen molar-refractivity contribution in [3.8, 4) is 0 Å². The summed E-state index contributed by atoms with van der Waals surface area (Å²) in [4.78, 5) is 11.3. The lowest BCUT2D eigenvalue weighted by Gasteiger charge is -2.31. The Bertz CT molecular complexity index is 412. The largest absolute Gasteiger partial charge is 0.368 e. The first-order valence-corrected chi connectivity index (χ1v) is 7.48. The lowest BCUT2D eigenvalue weighted by Crippen LogP contribution is -2.39. The minimum absolute atomic E-state index is 0.0467. The fourth-order valence-electron chi connectivity index (χ4n) is 2.39. The molecule has 0 aromatic carbocycles. The molecule has 1 aliphatic rings. The summed E-state index contributed by atoms with van der Waals surface area (Å²) in [6.45, 7) is 8.02. The van der Waals surface area contributed by atoms with Crippen molar-refractivity contribution in [2.24, 2.45) is 0 Å². The summed E-state index contributed by atoms with van der Waals surface area (Å²) < 4.78 is 5.80. The summed E-state index contributed by atoms with van der Waals surface area (Å²) in [7, 11) is 0. The summed E-state index contributed by atoms with van der Waals surface area (Å²) in [6, 6.07) is 1.85. The number of aryl methyl sites for hydroxylation is 1. The fraction of sp³-hybridized carbons (Fsp3) is 0.714. The first-order chi connectivity index (χ1) is 9.22. The first kappa shape index (κ1) is 14.7. The lowest BCUT2D eigenvalue weighted by atomic mass is 10.2. The van der Waals surface area contributed by atoms with Crippen LogP contribution in [-0.4, -0.2) is 41.1 Å². The lowest BCUT2D eigenvalue weighted by molar-refractivity contribution is -0.0343. The SMILES string of the molecule is CCCc1cc(Cl)nc(C2CN(CCC)CCO2)n1. The molecule has 1 aliphatic heterocycles. The van der Waals surface area contributed by atoms with E-state index >= 15 is 0 Å². The molecule has 1 atom stereocenters. The second kappa shape index (κ2) is 7.17. The number of halogens is 1. The van der Waals surface area contributed by atoms with Gasteiger partial charge in [0.25, 0.3) is 0 Å². The van der Waals surface area contributed by atoms with Crippen LogP contribution in [0.2, 0.25) is 5.15 Å². The molecule has 1 fully saturated rings. The highest BCUT2D eigenvalue weighted by Gasteiger charge is 2.24. The molecule has 19 heavy (non-hydrogen) atoms. The predicted octanol–water partition coefficient (Wildman–Crippen LogP) is 2.87. The average Bonchev–Trinajstić information content (AvgIpc) is 2.39. The zero-order chi connectivity index (χ0) is 13.7. The molecule has 0 amide bonds. The molecular weight excluding hydrogens is 262 g/mol. The molecule has 0 saturated carbocycles. The van der Waals surface area contributed by atoms with Crippen molar-refractivity contribution < 1.29 is 4.74 Å². The molecule has 1 unspecified atom stereocenters. The van der Waals surface area contributed by atoms with Crippen molar-refractivity contribution in [1.29, 1.82) is 0 Å². The third-order valence-electron chi connectivity index (χ3n) is 3.25. The van der Waals surface area contributed by atoms with Crippen molar-refractivity contribution >= 4 is 11.6 Å². The highest BCUT2D eigenvalue weighted by molar-refractivity contribution is 6.29. The molecule has 4 nitrogen and oxygen atoms in total. The van der Waals surface area contributed by atoms with Crippen LogP contribution in [0.4, 0.5) is 0 Å². The Morgan fingerprint density at radius 3 is 2.95 bits per heavy atom. The maximum absolute atomic E-state index is 6.08. The van der Waals surface area contributed by atoms with E-state index in [-0.39, 0.29) is 6.10 Å². The monoisotopic (exact) mass is 283 g/mol. The highest BCUT2D eigenvalue weighted by atomic mass is 35.5. The second-order valence-corrected chi connectivity index (χ2v) is 5.34. The molecule has 0 spiro atoms. The summed E-state index contributed by atoms with van der Waals surface area (Å²) in [5.41, 5.74) is 1.01. The molecular formula is C14H22ClN3O. The summed E-state index contributed by atoms with van der Waals surface area (Å²) in [6.07, 6.45) is 3.10. The van der Waals surface area contributed by atoms with Crippen LogP contribution in [0.15, 0.2) is 6.07 Å². The van der Waals surface area contributed by atoms with E-state index in [2.05, 4.69) is 28.7 Å². The van der Waals surface area contributed by atoms with Gasteiger partial charge in [-0.15, -0.1) is 0 Å². The first-order valence-electron chi connectivity index (χ1n) is 7.10. The molecule has 2 heterocycles. The zero-order valence-electron chi connectivity index (χ0n) is 11.7. The van der Waals surface area contributed by atoms with E-state index in [1.807, 2.05) is 6.07 Å². The number of morpholine rings is 1. The van der Waals surface area contributed by atoms with Crippen LogP contribution in [0, 0.1) is 0 Å². The molecule has 0 N–H and O–H groups in total. The number of ether oxygens (including phenoxy) is 1. The van der Waals surface area contributed by atoms with Crippen molar-refractivity contribution in [3.63, 3.8) is 0 Å². The van der Waals surface area contributed by atoms with Crippen LogP contribution in [-0.2, 0) is 11.2 Å². The Kier molecular flexibility index (Phi) is 5.55. The zero-order valence-corrected chi connectivity index (χ0v) is 12.5. The van der Waals surface area contributed by atoms with Gasteiger partial charge in [0.05, 0.1) is 6.61 Å². The molecule has 5 heteroatoms. The van der Waals surface area contributed by atoms with Crippen LogP contribution in [0.25, 0.3) is 0 Å². The second-order valence-electron chi connectivity index (χ2n) is 4.95. The van der Waals surface area contributed by atoms with E-state index in [0.717, 1.165) is 57.0 Å². The van der Waals surface area contributed by atoms with Crippen LogP contribution >= 0.6 is 11.6 Å². The third kappa shape index (κ3) is 4.13. The fourth-order valence-corrected chi connectivity index (χ4v) is 2.60. The number of hydrogen-bond donors (Lipinski definition) is 0. The van der Waals surface area contributed by atoms with Crippen LogP contribution < -0.4 is 0 Å². The summed E-state index contributed by atoms with van der Waals surface area (Å²) in [5, 5.41) is 0.518. The van der Waals surface area contributed by atoms with Crippen LogP contribution in [0.1, 0.15) is 44.3 Å². The van der Waals surface area contributed by atoms with E-state index in [9.17, 15) is 0 Å². The smallest absolute Gasteiger partial charge is 0.160 e. The van der Waals surface area contributed by atoms with E-state index in [4.69, 9.17) is 16.3 Å². The number of nitrogens with zero attached hydrogens (tertiary/aromatic N) is 3. The molecule has 1 aromatic heterocycles. The maximum Gasteiger partial charge on any atom is 0.160 e. The predicted molar refractivity (Wildman–Crippen MR) is 76.5 cm³/mol. The van der Waals surface area contributed by atoms with Crippen LogP contribution in [0.5, 0.6) is 0 Å². The quantitative estimate of drug-likeness (QED) is 0.779. The minimum Gasteiger partial charge on any atom is -0.368 e. The van der Waals surface area contributed by atoms with Crippen molar-refractivity contribution in [2.45, 2.75) is 39.2 Å². The molecule has 1 saturated heterocycles. The molecule has 1 aromatic rings. The summed E-state index contributed by atoms with van der Waals surface area (Å²) >= 11 is 6.08. The molecule has 0 aliphatic carbocycles. The van der Waals surface area contributed by atoms with Gasteiger partial charge in [-0.25, -0.2) is 9.97 Å². The number of rotatable bonds is 5. The molecule has 0 bridgehead atoms. The Morgan fingerprint density at radius 2 is 2.21 bits per heavy atom. The molecule has 106 valence electrons. The highest BCUT2D eigenvalue weighted by Crippen LogP contribution is 2.21. The van der Waals surface area contributed by atoms with Gasteiger partial charge in [0.15, 0.2) is 5.82 Å². The van der Waals surface area contributed by atoms with E-state index in [1.165, 1.54) is 0 Å². The van der Waals surface area contributed by atoms with E-state index < -0.39 is 0 Å². The van der Waals surface area contributed by atoms with Crippen LogP contribution in [0.3, 0.4) is 0 Å². The van der Waals surface area contributed by atoms with Gasteiger partial charge in [-0.05, 0) is 25.5 Å². The van der Waals surface area contributed by atoms with E-state index in [0.29, 0.717) is 5.15 Å². The van der Waals surface area contributed by atoms with Crippen molar-refractivity contribution in [1.82, 2.24) is 14.9 Å². The normalized spacial score (nSPS) is 20.7. The van der Waals surface area contributed by atoms with Gasteiger partial charge in [-0.1, -0.05) is 31.9 Å². The Labute approximate surface area is 120 Å². The Morgan fingerprint density at radius 1 is 1.37 bits per heavy atom. The summed E-state index contributed by atoms with van der Waals surface area (Å²) in [5.74, 6) is 0.733. The Hall–Kier alpha value is -0.710. The van der Waals surface area contributed by atoms with Gasteiger partial charge >= 0.3 is 0 Å². The average molecular weight is 284 g/mol. The molecule has 2 rings (SSSR count). The van der Waals surface area contributed by atoms with Gasteiger partial charge in [-0.3, -0.25) is 4.90 Å². The minimum atomic E-state index is -0.0467. The van der Waals surface area contributed by atoms with Crippen molar-refractivity contribution in [3.05, 3.63) is 22.7 Å². The van der Waals surface area contributed by atoms with Crippen molar-refractivity contribution in [2.75, 3.05) is 26.2 Å². The standard InChI is InChI=1S/C14H22ClN3O/c1-3-5-11-9-13(15)17-14(16-11)12-10-18(6-4-2)7-8-19-12/h9,12H,3-8,10H2,1-2H3. The van der Waals surface area contributed by atoms with Gasteiger partial charge in [0, 0.05) is 18.8 Å². The maximum atomic E-state index is 6.08. The third-order valence-corrected chi connectivity index (χ3v) is 3.44. The van der Waals surface area contributed by atoms with E-state index in [1.54, 1.807) is 0 Å². The topological polar surface area (TPSA) is 38.2 Å².